The number of hydrogen-bond acceptors (Lipinski definition) is 1. The van der Waals surface area contributed by atoms with Crippen molar-refractivity contribution in [3.05, 3.63) is 34.9 Å². The normalized spacial score (nSPS) is 24.9. The van der Waals surface area contributed by atoms with E-state index in [4.69, 9.17) is 5.73 Å². The molecule has 4 heteroatoms. The molecule has 0 saturated heterocycles. The van der Waals surface area contributed by atoms with E-state index in [1.807, 2.05) is 26.0 Å². The summed E-state index contributed by atoms with van der Waals surface area (Å²) in [5, 5.41) is 0. The van der Waals surface area contributed by atoms with Crippen LogP contribution in [0.3, 0.4) is 0 Å². The maximum atomic E-state index is 13.2. The average Bonchev–Trinajstić information content (AvgIpc) is 2.36. The van der Waals surface area contributed by atoms with Gasteiger partial charge in [0.2, 0.25) is 0 Å². The van der Waals surface area contributed by atoms with E-state index in [2.05, 4.69) is 6.07 Å². The molecule has 0 bridgehead atoms. The summed E-state index contributed by atoms with van der Waals surface area (Å²) >= 11 is 0. The minimum Gasteiger partial charge on any atom is -0.327 e. The largest absolute Gasteiger partial charge is 0.392 e. The molecular formula is C17H24F3N. The van der Waals surface area contributed by atoms with Gasteiger partial charge in [0.1, 0.15) is 0 Å². The van der Waals surface area contributed by atoms with Crippen LogP contribution in [0.5, 0.6) is 0 Å². The van der Waals surface area contributed by atoms with Gasteiger partial charge in [-0.1, -0.05) is 42.2 Å². The van der Waals surface area contributed by atoms with Crippen LogP contribution in [0.25, 0.3) is 0 Å². The van der Waals surface area contributed by atoms with Crippen molar-refractivity contribution in [3.63, 3.8) is 0 Å². The van der Waals surface area contributed by atoms with Gasteiger partial charge in [-0.15, -0.1) is 0 Å². The maximum absolute atomic E-state index is 13.2. The molecule has 0 aromatic heterocycles. The smallest absolute Gasteiger partial charge is 0.327 e. The Balaban J connectivity index is 2.12. The Hall–Kier alpha value is -1.03. The first-order valence-electron chi connectivity index (χ1n) is 7.67. The molecule has 1 nitrogen and oxygen atoms in total. The summed E-state index contributed by atoms with van der Waals surface area (Å²) in [5.74, 6) is -1.67. The van der Waals surface area contributed by atoms with Gasteiger partial charge in [0.05, 0.1) is 5.92 Å². The molecule has 1 aliphatic rings. The predicted molar refractivity (Wildman–Crippen MR) is 79.1 cm³/mol. The van der Waals surface area contributed by atoms with Crippen LogP contribution in [0.15, 0.2) is 18.2 Å². The first-order valence-corrected chi connectivity index (χ1v) is 7.67. The molecule has 118 valence electrons. The van der Waals surface area contributed by atoms with Crippen molar-refractivity contribution in [2.45, 2.75) is 58.2 Å². The Morgan fingerprint density at radius 1 is 1.10 bits per heavy atom. The fourth-order valence-corrected chi connectivity index (χ4v) is 3.69. The highest BCUT2D eigenvalue weighted by Crippen LogP contribution is 2.42. The molecule has 0 spiro atoms. The fraction of sp³-hybridized carbons (Fsp3) is 0.647. The highest BCUT2D eigenvalue weighted by Gasteiger charge is 2.47. The lowest BCUT2D eigenvalue weighted by Crippen LogP contribution is -2.44. The van der Waals surface area contributed by atoms with Gasteiger partial charge in [0.25, 0.3) is 0 Å². The van der Waals surface area contributed by atoms with Crippen molar-refractivity contribution in [1.82, 2.24) is 0 Å². The second kappa shape index (κ2) is 6.39. The summed E-state index contributed by atoms with van der Waals surface area (Å²) < 4.78 is 39.5. The molecule has 2 rings (SSSR count). The number of rotatable bonds is 3. The zero-order chi connectivity index (χ0) is 15.6. The molecule has 0 radical (unpaired) electrons. The van der Waals surface area contributed by atoms with Crippen molar-refractivity contribution in [3.8, 4) is 0 Å². The van der Waals surface area contributed by atoms with E-state index in [1.54, 1.807) is 0 Å². The summed E-state index contributed by atoms with van der Waals surface area (Å²) in [6.45, 7) is 4.00. The van der Waals surface area contributed by atoms with Gasteiger partial charge >= 0.3 is 6.18 Å². The quantitative estimate of drug-likeness (QED) is 0.871. The lowest BCUT2D eigenvalue weighted by Gasteiger charge is -2.36. The first kappa shape index (κ1) is 16.3. The number of halogens is 3. The van der Waals surface area contributed by atoms with Crippen molar-refractivity contribution in [2.75, 3.05) is 0 Å². The summed E-state index contributed by atoms with van der Waals surface area (Å²) in [4.78, 5) is 0. The lowest BCUT2D eigenvalue weighted by molar-refractivity contribution is -0.198. The first-order chi connectivity index (χ1) is 9.77. The topological polar surface area (TPSA) is 26.0 Å². The van der Waals surface area contributed by atoms with Crippen LogP contribution in [-0.2, 0) is 6.42 Å². The third-order valence-corrected chi connectivity index (χ3v) is 4.54. The van der Waals surface area contributed by atoms with Gasteiger partial charge in [-0.25, -0.2) is 0 Å². The molecule has 1 aromatic rings. The zero-order valence-electron chi connectivity index (χ0n) is 12.7. The Bertz CT molecular complexity index is 461. The van der Waals surface area contributed by atoms with Crippen molar-refractivity contribution < 1.29 is 13.2 Å². The van der Waals surface area contributed by atoms with Crippen LogP contribution in [0.4, 0.5) is 13.2 Å². The van der Waals surface area contributed by atoms with Crippen LogP contribution < -0.4 is 5.73 Å². The van der Waals surface area contributed by atoms with Crippen molar-refractivity contribution in [2.24, 2.45) is 17.6 Å². The van der Waals surface area contributed by atoms with Crippen molar-refractivity contribution >= 4 is 0 Å². The van der Waals surface area contributed by atoms with Gasteiger partial charge in [-0.3, -0.25) is 0 Å². The van der Waals surface area contributed by atoms with Crippen LogP contribution in [0.2, 0.25) is 0 Å². The van der Waals surface area contributed by atoms with Crippen LogP contribution in [-0.4, -0.2) is 12.2 Å². The highest BCUT2D eigenvalue weighted by atomic mass is 19.4. The third-order valence-electron chi connectivity index (χ3n) is 4.54. The second-order valence-electron chi connectivity index (χ2n) is 6.46. The molecule has 1 saturated carbocycles. The molecule has 3 atom stereocenters. The molecule has 0 heterocycles. The number of hydrogen-bond donors (Lipinski definition) is 1. The highest BCUT2D eigenvalue weighted by molar-refractivity contribution is 5.29. The van der Waals surface area contributed by atoms with E-state index >= 15 is 0 Å². The van der Waals surface area contributed by atoms with Crippen molar-refractivity contribution in [1.29, 1.82) is 0 Å². The maximum Gasteiger partial charge on any atom is 0.392 e. The molecule has 3 unspecified atom stereocenters. The summed E-state index contributed by atoms with van der Waals surface area (Å²) in [7, 11) is 0. The van der Waals surface area contributed by atoms with Gasteiger partial charge in [0.15, 0.2) is 0 Å². The zero-order valence-corrected chi connectivity index (χ0v) is 12.7. The van der Waals surface area contributed by atoms with E-state index in [9.17, 15) is 13.2 Å². The molecule has 0 amide bonds. The van der Waals surface area contributed by atoms with E-state index in [-0.39, 0.29) is 6.42 Å². The van der Waals surface area contributed by atoms with Gasteiger partial charge in [-0.05, 0) is 44.6 Å². The number of nitrogens with two attached hydrogens (primary N) is 1. The van der Waals surface area contributed by atoms with E-state index in [0.29, 0.717) is 19.3 Å². The molecule has 0 aliphatic heterocycles. The minimum absolute atomic E-state index is 0.231. The SMILES string of the molecule is Cc1cc(C)cc(CC(N)C2CCCCC2C(F)(F)F)c1. The molecule has 2 N–H and O–H groups in total. The summed E-state index contributed by atoms with van der Waals surface area (Å²) in [5.41, 5.74) is 9.48. The standard InChI is InChI=1S/C17H24F3N/c1-11-7-12(2)9-13(8-11)10-16(21)14-5-3-4-6-15(14)17(18,19)20/h7-9,14-16H,3-6,10,21H2,1-2H3. The lowest BCUT2D eigenvalue weighted by atomic mass is 9.73. The Labute approximate surface area is 124 Å². The monoisotopic (exact) mass is 299 g/mol. The number of aryl methyl sites for hydroxylation is 2. The average molecular weight is 299 g/mol. The Morgan fingerprint density at radius 3 is 2.24 bits per heavy atom. The minimum atomic E-state index is -4.12. The van der Waals surface area contributed by atoms with Crippen LogP contribution in [0.1, 0.15) is 42.4 Å². The van der Waals surface area contributed by atoms with Gasteiger partial charge in [-0.2, -0.15) is 13.2 Å². The molecule has 21 heavy (non-hydrogen) atoms. The number of benzene rings is 1. The number of alkyl halides is 3. The van der Waals surface area contributed by atoms with E-state index in [0.717, 1.165) is 23.1 Å². The second-order valence-corrected chi connectivity index (χ2v) is 6.46. The van der Waals surface area contributed by atoms with E-state index < -0.39 is 24.1 Å². The fourth-order valence-electron chi connectivity index (χ4n) is 3.69. The van der Waals surface area contributed by atoms with E-state index in [1.165, 1.54) is 0 Å². The predicted octanol–water partition coefficient (Wildman–Crippen LogP) is 4.54. The molecular weight excluding hydrogens is 275 g/mol. The van der Waals surface area contributed by atoms with Crippen LogP contribution in [0, 0.1) is 25.7 Å². The third kappa shape index (κ3) is 4.22. The van der Waals surface area contributed by atoms with Gasteiger partial charge in [0, 0.05) is 6.04 Å². The van der Waals surface area contributed by atoms with Crippen LogP contribution >= 0.6 is 0 Å². The molecule has 1 fully saturated rings. The Morgan fingerprint density at radius 2 is 1.67 bits per heavy atom. The molecule has 1 aliphatic carbocycles. The molecule has 1 aromatic carbocycles. The Kier molecular flexibility index (Phi) is 4.97. The summed E-state index contributed by atoms with van der Waals surface area (Å²) in [6, 6.07) is 5.70. The van der Waals surface area contributed by atoms with Gasteiger partial charge < -0.3 is 5.73 Å². The summed E-state index contributed by atoms with van der Waals surface area (Å²) in [6.07, 6.45) is -1.25.